The highest BCUT2D eigenvalue weighted by molar-refractivity contribution is 5.97. The smallest absolute Gasteiger partial charge is 0.227 e. The molecule has 3 aromatic rings. The van der Waals surface area contributed by atoms with E-state index in [0.29, 0.717) is 0 Å². The summed E-state index contributed by atoms with van der Waals surface area (Å²) < 4.78 is 0. The van der Waals surface area contributed by atoms with E-state index in [0.717, 1.165) is 53.3 Å². The lowest BCUT2D eigenvalue weighted by molar-refractivity contribution is -0.120. The normalized spacial score (nSPS) is 16.3. The van der Waals surface area contributed by atoms with Crippen molar-refractivity contribution in [3.8, 4) is 11.1 Å². The second kappa shape index (κ2) is 6.55. The minimum Gasteiger partial charge on any atom is -0.346 e. The highest BCUT2D eigenvalue weighted by atomic mass is 16.1. The molecule has 1 unspecified atom stereocenters. The van der Waals surface area contributed by atoms with Crippen LogP contribution in [0.2, 0.25) is 0 Å². The Morgan fingerprint density at radius 1 is 1.12 bits per heavy atom. The van der Waals surface area contributed by atoms with Gasteiger partial charge >= 0.3 is 0 Å². The lowest BCUT2D eigenvalue weighted by Gasteiger charge is -2.21. The van der Waals surface area contributed by atoms with Crippen LogP contribution in [0.25, 0.3) is 11.1 Å². The van der Waals surface area contributed by atoms with E-state index in [9.17, 15) is 4.79 Å². The number of aryl methyl sites for hydroxylation is 2. The van der Waals surface area contributed by atoms with Crippen molar-refractivity contribution in [3.05, 3.63) is 71.8 Å². The number of anilines is 1. The Morgan fingerprint density at radius 2 is 1.88 bits per heavy atom. The Labute approximate surface area is 147 Å². The fourth-order valence-electron chi connectivity index (χ4n) is 3.54. The summed E-state index contributed by atoms with van der Waals surface area (Å²) in [6, 6.07) is 18.1. The molecule has 0 saturated carbocycles. The molecule has 1 aliphatic rings. The molecule has 4 nitrogen and oxygen atoms in total. The summed E-state index contributed by atoms with van der Waals surface area (Å²) in [7, 11) is 0. The number of rotatable bonds is 3. The van der Waals surface area contributed by atoms with Crippen LogP contribution in [0.3, 0.4) is 0 Å². The van der Waals surface area contributed by atoms with Crippen molar-refractivity contribution in [2.75, 3.05) is 5.32 Å². The molecule has 1 amide bonds. The highest BCUT2D eigenvalue weighted by Gasteiger charge is 2.27. The van der Waals surface area contributed by atoms with E-state index in [2.05, 4.69) is 27.4 Å². The molecule has 0 bridgehead atoms. The maximum Gasteiger partial charge on any atom is 0.227 e. The van der Waals surface area contributed by atoms with Gasteiger partial charge in [0.05, 0.1) is 5.69 Å². The Morgan fingerprint density at radius 3 is 2.72 bits per heavy atom. The zero-order valence-corrected chi connectivity index (χ0v) is 14.3. The summed E-state index contributed by atoms with van der Waals surface area (Å²) in [5.74, 6) is 0.998. The quantitative estimate of drug-likeness (QED) is 0.758. The number of amides is 1. The standard InChI is InChI=1S/C21H21N3O/c1-14-22-19-12-11-16(13-20(19)23-14)21(25)24-18-10-6-5-9-17(18)15-7-3-2-4-8-15/h2-10,16H,11-13H2,1H3,(H,22,23)(H,24,25). The van der Waals surface area contributed by atoms with Crippen LogP contribution in [-0.4, -0.2) is 15.9 Å². The summed E-state index contributed by atoms with van der Waals surface area (Å²) in [6.07, 6.45) is 2.43. The molecule has 0 aliphatic heterocycles. The molecule has 25 heavy (non-hydrogen) atoms. The predicted molar refractivity (Wildman–Crippen MR) is 99.3 cm³/mol. The van der Waals surface area contributed by atoms with Crippen molar-refractivity contribution in [2.24, 2.45) is 5.92 Å². The number of fused-ring (bicyclic) bond motifs is 1. The zero-order chi connectivity index (χ0) is 17.2. The number of imidazole rings is 1. The van der Waals surface area contributed by atoms with Crippen LogP contribution in [0.1, 0.15) is 23.6 Å². The van der Waals surface area contributed by atoms with Gasteiger partial charge in [-0.3, -0.25) is 4.79 Å². The molecule has 1 atom stereocenters. The number of H-pyrrole nitrogens is 1. The molecule has 1 aromatic heterocycles. The average molecular weight is 331 g/mol. The number of carbonyl (C=O) groups is 1. The summed E-state index contributed by atoms with van der Waals surface area (Å²) in [6.45, 7) is 1.96. The van der Waals surface area contributed by atoms with Crippen LogP contribution in [0.15, 0.2) is 54.6 Å². The number of nitrogens with one attached hydrogen (secondary N) is 2. The summed E-state index contributed by atoms with van der Waals surface area (Å²) in [4.78, 5) is 20.6. The summed E-state index contributed by atoms with van der Waals surface area (Å²) >= 11 is 0. The van der Waals surface area contributed by atoms with Gasteiger partial charge in [0, 0.05) is 29.3 Å². The van der Waals surface area contributed by atoms with E-state index in [1.165, 1.54) is 0 Å². The number of benzene rings is 2. The van der Waals surface area contributed by atoms with Gasteiger partial charge in [0.25, 0.3) is 0 Å². The lowest BCUT2D eigenvalue weighted by atomic mass is 9.89. The largest absolute Gasteiger partial charge is 0.346 e. The van der Waals surface area contributed by atoms with E-state index in [-0.39, 0.29) is 11.8 Å². The predicted octanol–water partition coefficient (Wildman–Crippen LogP) is 4.13. The van der Waals surface area contributed by atoms with Gasteiger partial charge in [-0.05, 0) is 31.4 Å². The van der Waals surface area contributed by atoms with Gasteiger partial charge < -0.3 is 10.3 Å². The second-order valence-corrected chi connectivity index (χ2v) is 6.59. The lowest BCUT2D eigenvalue weighted by Crippen LogP contribution is -2.28. The molecular formula is C21H21N3O. The third-order valence-electron chi connectivity index (χ3n) is 4.80. The monoisotopic (exact) mass is 331 g/mol. The summed E-state index contributed by atoms with van der Waals surface area (Å²) in [5.41, 5.74) is 5.25. The molecule has 0 spiro atoms. The Hall–Kier alpha value is -2.88. The van der Waals surface area contributed by atoms with Gasteiger partial charge in [-0.2, -0.15) is 0 Å². The number of aromatic nitrogens is 2. The molecule has 1 aliphatic carbocycles. The highest BCUT2D eigenvalue weighted by Crippen LogP contribution is 2.30. The van der Waals surface area contributed by atoms with Crippen LogP contribution in [0, 0.1) is 12.8 Å². The van der Waals surface area contributed by atoms with Crippen LogP contribution in [0.5, 0.6) is 0 Å². The fourth-order valence-corrected chi connectivity index (χ4v) is 3.54. The van der Waals surface area contributed by atoms with Crippen LogP contribution in [0.4, 0.5) is 5.69 Å². The van der Waals surface area contributed by atoms with E-state index >= 15 is 0 Å². The van der Waals surface area contributed by atoms with Crippen molar-refractivity contribution in [1.82, 2.24) is 9.97 Å². The average Bonchev–Trinajstić information content (AvgIpc) is 3.02. The first kappa shape index (κ1) is 15.6. The molecule has 0 radical (unpaired) electrons. The first-order valence-corrected chi connectivity index (χ1v) is 8.70. The molecule has 2 N–H and O–H groups in total. The minimum atomic E-state index is -0.0174. The maximum atomic E-state index is 12.8. The number of hydrogen-bond acceptors (Lipinski definition) is 2. The molecule has 2 aromatic carbocycles. The van der Waals surface area contributed by atoms with E-state index < -0.39 is 0 Å². The van der Waals surface area contributed by atoms with Crippen LogP contribution < -0.4 is 5.32 Å². The van der Waals surface area contributed by atoms with E-state index in [1.54, 1.807) is 0 Å². The van der Waals surface area contributed by atoms with Gasteiger partial charge in [-0.25, -0.2) is 4.98 Å². The Bertz CT molecular complexity index is 899. The van der Waals surface area contributed by atoms with Gasteiger partial charge in [0.2, 0.25) is 5.91 Å². The molecule has 1 heterocycles. The molecule has 0 fully saturated rings. The molecule has 126 valence electrons. The van der Waals surface area contributed by atoms with Crippen molar-refractivity contribution in [1.29, 1.82) is 0 Å². The van der Waals surface area contributed by atoms with Crippen LogP contribution in [-0.2, 0) is 17.6 Å². The fraction of sp³-hybridized carbons (Fsp3) is 0.238. The Kier molecular flexibility index (Phi) is 4.10. The van der Waals surface area contributed by atoms with Crippen LogP contribution >= 0.6 is 0 Å². The van der Waals surface area contributed by atoms with Gasteiger partial charge in [0.15, 0.2) is 0 Å². The van der Waals surface area contributed by atoms with E-state index in [4.69, 9.17) is 0 Å². The number of carbonyl (C=O) groups excluding carboxylic acids is 1. The molecular weight excluding hydrogens is 310 g/mol. The first-order valence-electron chi connectivity index (χ1n) is 8.70. The molecule has 0 saturated heterocycles. The second-order valence-electron chi connectivity index (χ2n) is 6.59. The van der Waals surface area contributed by atoms with Crippen molar-refractivity contribution < 1.29 is 4.79 Å². The van der Waals surface area contributed by atoms with Gasteiger partial charge in [-0.1, -0.05) is 48.5 Å². The summed E-state index contributed by atoms with van der Waals surface area (Å²) in [5, 5.41) is 3.14. The number of hydrogen-bond donors (Lipinski definition) is 2. The van der Waals surface area contributed by atoms with Crippen molar-refractivity contribution >= 4 is 11.6 Å². The molecule has 4 heteroatoms. The van der Waals surface area contributed by atoms with E-state index in [1.807, 2.05) is 49.4 Å². The number of nitrogens with zero attached hydrogens (tertiary/aromatic N) is 1. The third kappa shape index (κ3) is 3.20. The topological polar surface area (TPSA) is 57.8 Å². The SMILES string of the molecule is Cc1nc2c([nH]1)CC(C(=O)Nc1ccccc1-c1ccccc1)CC2. The van der Waals surface area contributed by atoms with Crippen molar-refractivity contribution in [3.63, 3.8) is 0 Å². The van der Waals surface area contributed by atoms with Gasteiger partial charge in [-0.15, -0.1) is 0 Å². The van der Waals surface area contributed by atoms with Gasteiger partial charge in [0.1, 0.15) is 5.82 Å². The number of aromatic amines is 1. The third-order valence-corrected chi connectivity index (χ3v) is 4.80. The number of para-hydroxylation sites is 1. The minimum absolute atomic E-state index is 0.0174. The van der Waals surface area contributed by atoms with Crippen molar-refractivity contribution in [2.45, 2.75) is 26.2 Å². The Balaban J connectivity index is 1.54. The maximum absolute atomic E-state index is 12.8. The first-order chi connectivity index (χ1) is 12.2. The zero-order valence-electron chi connectivity index (χ0n) is 14.3. The molecule has 4 rings (SSSR count).